The maximum absolute atomic E-state index is 13.0. The minimum absolute atomic E-state index is 0.0744. The fourth-order valence-corrected chi connectivity index (χ4v) is 7.79. The van der Waals surface area contributed by atoms with Crippen LogP contribution in [0.15, 0.2) is 35.0 Å². The molecule has 5 rings (SSSR count). The predicted octanol–water partition coefficient (Wildman–Crippen LogP) is 4.99. The van der Waals surface area contributed by atoms with E-state index in [1.54, 1.807) is 39.3 Å². The van der Waals surface area contributed by atoms with Crippen LogP contribution >= 0.6 is 45.8 Å². The van der Waals surface area contributed by atoms with Gasteiger partial charge in [-0.15, -0.1) is 34.4 Å². The Balaban J connectivity index is 1.44. The Morgan fingerprint density at radius 3 is 2.71 bits per heavy atom. The molecule has 5 nitrogen and oxygen atoms in total. The van der Waals surface area contributed by atoms with Crippen LogP contribution in [0.25, 0.3) is 20.3 Å². The van der Waals surface area contributed by atoms with Gasteiger partial charge in [-0.25, -0.2) is 4.98 Å². The molecule has 2 aliphatic rings. The number of thioether (sulfide) groups is 1. The van der Waals surface area contributed by atoms with Gasteiger partial charge in [0.05, 0.1) is 14.6 Å². The van der Waals surface area contributed by atoms with E-state index in [1.807, 2.05) is 29.0 Å². The number of carbonyl (C=O) groups excluding carboxylic acids is 2. The third kappa shape index (κ3) is 3.01. The summed E-state index contributed by atoms with van der Waals surface area (Å²) in [6.45, 7) is 2.06. The molecule has 0 radical (unpaired) electrons. The number of aromatic nitrogens is 1. The molecular weight excluding hydrogens is 430 g/mol. The summed E-state index contributed by atoms with van der Waals surface area (Å²) in [5.74, 6) is 0.565. The summed E-state index contributed by atoms with van der Waals surface area (Å²) in [7, 11) is 0. The smallest absolute Gasteiger partial charge is 0.249 e. The summed E-state index contributed by atoms with van der Waals surface area (Å²) in [6.07, 6.45) is 1.33. The van der Waals surface area contributed by atoms with Crippen LogP contribution in [0.4, 0.5) is 5.13 Å². The molecule has 0 saturated carbocycles. The summed E-state index contributed by atoms with van der Waals surface area (Å²) >= 11 is 6.49. The van der Waals surface area contributed by atoms with Crippen LogP contribution in [0.3, 0.4) is 0 Å². The van der Waals surface area contributed by atoms with Crippen LogP contribution in [0.2, 0.25) is 0 Å². The summed E-state index contributed by atoms with van der Waals surface area (Å²) in [4.78, 5) is 34.9. The minimum Gasteiger partial charge on any atom is -0.315 e. The normalized spacial score (nSPS) is 24.0. The number of thiazole rings is 1. The number of anilines is 1. The van der Waals surface area contributed by atoms with Gasteiger partial charge in [0.15, 0.2) is 5.13 Å². The van der Waals surface area contributed by atoms with Gasteiger partial charge in [0.2, 0.25) is 11.8 Å². The van der Waals surface area contributed by atoms with Gasteiger partial charge in [0, 0.05) is 17.1 Å². The fraction of sp³-hybridized carbons (Fsp3) is 0.316. The number of nitrogens with one attached hydrogen (secondary N) is 1. The van der Waals surface area contributed by atoms with Crippen LogP contribution in [0.1, 0.15) is 19.8 Å². The first-order valence-electron chi connectivity index (χ1n) is 8.91. The van der Waals surface area contributed by atoms with Gasteiger partial charge in [-0.3, -0.25) is 9.59 Å². The Morgan fingerprint density at radius 1 is 1.25 bits per heavy atom. The van der Waals surface area contributed by atoms with Crippen molar-refractivity contribution in [2.24, 2.45) is 0 Å². The van der Waals surface area contributed by atoms with E-state index >= 15 is 0 Å². The number of amides is 2. The van der Waals surface area contributed by atoms with E-state index in [0.717, 1.165) is 26.7 Å². The zero-order valence-corrected chi connectivity index (χ0v) is 18.3. The molecule has 9 heteroatoms. The number of fused-ring (bicyclic) bond motifs is 1. The molecular formula is C19H17N3O2S4. The van der Waals surface area contributed by atoms with Crippen molar-refractivity contribution in [1.82, 2.24) is 9.88 Å². The van der Waals surface area contributed by atoms with Crippen LogP contribution < -0.4 is 5.32 Å². The molecule has 1 N–H and O–H groups in total. The maximum Gasteiger partial charge on any atom is 0.249 e. The van der Waals surface area contributed by atoms with E-state index in [2.05, 4.69) is 18.3 Å². The van der Waals surface area contributed by atoms with Crippen molar-refractivity contribution in [3.05, 3.63) is 35.0 Å². The van der Waals surface area contributed by atoms with Gasteiger partial charge < -0.3 is 10.2 Å². The molecule has 3 aromatic rings. The summed E-state index contributed by atoms with van der Waals surface area (Å²) < 4.78 is 0. The second-order valence-electron chi connectivity index (χ2n) is 6.91. The number of nitrogens with zero attached hydrogens (tertiary/aromatic N) is 2. The van der Waals surface area contributed by atoms with Gasteiger partial charge >= 0.3 is 0 Å². The zero-order chi connectivity index (χ0) is 19.3. The predicted molar refractivity (Wildman–Crippen MR) is 118 cm³/mol. The molecule has 2 aliphatic heterocycles. The number of rotatable bonds is 4. The van der Waals surface area contributed by atoms with E-state index in [4.69, 9.17) is 4.98 Å². The van der Waals surface area contributed by atoms with E-state index in [1.165, 1.54) is 11.3 Å². The van der Waals surface area contributed by atoms with Gasteiger partial charge in [0.1, 0.15) is 11.7 Å². The minimum atomic E-state index is -0.427. The molecule has 3 aromatic heterocycles. The van der Waals surface area contributed by atoms with Crippen LogP contribution in [-0.2, 0) is 9.59 Å². The molecule has 2 amide bonds. The van der Waals surface area contributed by atoms with E-state index in [9.17, 15) is 9.59 Å². The SMILES string of the molecule is C[C@]12CCC(=O)N1[C@@H](C(=O)Nc1nc(-c3cccs3)c(-c3cccs3)s1)CS2. The summed E-state index contributed by atoms with van der Waals surface area (Å²) in [6, 6.07) is 7.72. The first kappa shape index (κ1) is 18.4. The van der Waals surface area contributed by atoms with Crippen LogP contribution in [0, 0.1) is 0 Å². The van der Waals surface area contributed by atoms with Crippen LogP contribution in [-0.4, -0.2) is 38.4 Å². The van der Waals surface area contributed by atoms with Gasteiger partial charge in [-0.05, 0) is 36.2 Å². The first-order chi connectivity index (χ1) is 13.5. The quantitative estimate of drug-likeness (QED) is 0.612. The summed E-state index contributed by atoms with van der Waals surface area (Å²) in [5.41, 5.74) is 0.903. The third-order valence-corrected chi connectivity index (χ3v) is 9.51. The molecule has 2 fully saturated rings. The van der Waals surface area contributed by atoms with E-state index in [0.29, 0.717) is 17.3 Å². The third-order valence-electron chi connectivity index (χ3n) is 5.10. The lowest BCUT2D eigenvalue weighted by Gasteiger charge is -2.29. The monoisotopic (exact) mass is 447 g/mol. The lowest BCUT2D eigenvalue weighted by Crippen LogP contribution is -2.48. The Labute approximate surface area is 178 Å². The highest BCUT2D eigenvalue weighted by Gasteiger charge is 2.53. The second-order valence-corrected chi connectivity index (χ2v) is 11.3. The van der Waals surface area contributed by atoms with Crippen molar-refractivity contribution in [3.8, 4) is 20.3 Å². The highest BCUT2D eigenvalue weighted by Crippen LogP contribution is 2.48. The number of carbonyl (C=O) groups is 2. The Kier molecular flexibility index (Phi) is 4.58. The second kappa shape index (κ2) is 6.98. The highest BCUT2D eigenvalue weighted by atomic mass is 32.2. The van der Waals surface area contributed by atoms with Gasteiger partial charge in [-0.1, -0.05) is 23.5 Å². The van der Waals surface area contributed by atoms with E-state index < -0.39 is 6.04 Å². The van der Waals surface area contributed by atoms with Crippen molar-refractivity contribution >= 4 is 62.7 Å². The zero-order valence-electron chi connectivity index (χ0n) is 15.0. The van der Waals surface area contributed by atoms with Crippen molar-refractivity contribution in [3.63, 3.8) is 0 Å². The highest BCUT2D eigenvalue weighted by molar-refractivity contribution is 8.01. The molecule has 0 aromatic carbocycles. The van der Waals surface area contributed by atoms with Crippen LogP contribution in [0.5, 0.6) is 0 Å². The maximum atomic E-state index is 13.0. The van der Waals surface area contributed by atoms with E-state index in [-0.39, 0.29) is 16.7 Å². The van der Waals surface area contributed by atoms with Crippen molar-refractivity contribution in [1.29, 1.82) is 0 Å². The molecule has 2 atom stereocenters. The Morgan fingerprint density at radius 2 is 2.00 bits per heavy atom. The molecule has 0 aliphatic carbocycles. The average molecular weight is 448 g/mol. The largest absolute Gasteiger partial charge is 0.315 e. The Bertz CT molecular complexity index is 976. The lowest BCUT2D eigenvalue weighted by atomic mass is 10.2. The molecule has 0 unspecified atom stereocenters. The topological polar surface area (TPSA) is 62.3 Å². The standard InChI is InChI=1S/C19H17N3O2S4/c1-19-7-6-14(23)22(19)11(10-27-19)17(24)21-18-20-15(12-4-2-8-25-12)16(28-18)13-5-3-9-26-13/h2-5,8-9,11H,6-7,10H2,1H3,(H,20,21,24)/t11-,19+/m1/s1. The fourth-order valence-electron chi connectivity index (χ4n) is 3.73. The molecule has 28 heavy (non-hydrogen) atoms. The molecule has 144 valence electrons. The average Bonchev–Trinajstić information content (AvgIpc) is 3.45. The van der Waals surface area contributed by atoms with Crippen molar-refractivity contribution < 1.29 is 9.59 Å². The molecule has 0 spiro atoms. The van der Waals surface area contributed by atoms with Crippen molar-refractivity contribution in [2.45, 2.75) is 30.7 Å². The first-order valence-corrected chi connectivity index (χ1v) is 12.5. The molecule has 5 heterocycles. The summed E-state index contributed by atoms with van der Waals surface area (Å²) in [5, 5.41) is 7.65. The number of hydrogen-bond donors (Lipinski definition) is 1. The molecule has 0 bridgehead atoms. The van der Waals surface area contributed by atoms with Gasteiger partial charge in [-0.2, -0.15) is 0 Å². The molecule has 2 saturated heterocycles. The van der Waals surface area contributed by atoms with Crippen molar-refractivity contribution in [2.75, 3.05) is 11.1 Å². The number of hydrogen-bond acceptors (Lipinski definition) is 7. The van der Waals surface area contributed by atoms with Gasteiger partial charge in [0.25, 0.3) is 0 Å². The lowest BCUT2D eigenvalue weighted by molar-refractivity contribution is -0.135. The Hall–Kier alpha value is -1.68. The number of thiophene rings is 2.